The predicted molar refractivity (Wildman–Crippen MR) is 47.6 cm³/mol. The van der Waals surface area contributed by atoms with E-state index in [1.54, 1.807) is 0 Å². The molecule has 3 N–H and O–H groups in total. The molecule has 0 spiro atoms. The van der Waals surface area contributed by atoms with Gasteiger partial charge in [0.15, 0.2) is 0 Å². The molecule has 1 aliphatic heterocycles. The Morgan fingerprint density at radius 3 is 2.82 bits per heavy atom. The fourth-order valence-electron chi connectivity index (χ4n) is 1.58. The molecular weight excluding hydrogens is 138 g/mol. The van der Waals surface area contributed by atoms with Crippen LogP contribution in [0.4, 0.5) is 0 Å². The largest absolute Gasteiger partial charge is 0.320 e. The van der Waals surface area contributed by atoms with Crippen molar-refractivity contribution < 1.29 is 0 Å². The van der Waals surface area contributed by atoms with Gasteiger partial charge in [0.2, 0.25) is 0 Å². The molecule has 66 valence electrons. The summed E-state index contributed by atoms with van der Waals surface area (Å²) in [6, 6.07) is 0. The quantitative estimate of drug-likeness (QED) is 0.533. The van der Waals surface area contributed by atoms with Gasteiger partial charge in [-0.15, -0.1) is 0 Å². The maximum atomic E-state index is 3.50. The van der Waals surface area contributed by atoms with E-state index in [1.165, 1.54) is 12.8 Å². The fourth-order valence-corrected chi connectivity index (χ4v) is 1.58. The van der Waals surface area contributed by atoms with E-state index < -0.39 is 0 Å². The van der Waals surface area contributed by atoms with Gasteiger partial charge in [-0.05, 0) is 26.4 Å². The van der Waals surface area contributed by atoms with Gasteiger partial charge in [0.05, 0.1) is 0 Å². The van der Waals surface area contributed by atoms with E-state index in [-0.39, 0.29) is 0 Å². The lowest BCUT2D eigenvalue weighted by Gasteiger charge is -2.26. The van der Waals surface area contributed by atoms with Gasteiger partial charge in [-0.1, -0.05) is 6.92 Å². The molecule has 0 aromatic heterocycles. The molecule has 0 aromatic carbocycles. The number of rotatable bonds is 4. The second kappa shape index (κ2) is 4.04. The zero-order chi connectivity index (χ0) is 8.16. The van der Waals surface area contributed by atoms with Crippen molar-refractivity contribution in [2.24, 2.45) is 0 Å². The average molecular weight is 157 g/mol. The van der Waals surface area contributed by atoms with Crippen molar-refractivity contribution in [3.8, 4) is 0 Å². The number of hydrogen-bond donors (Lipinski definition) is 3. The van der Waals surface area contributed by atoms with Crippen LogP contribution in [0.15, 0.2) is 0 Å². The molecular formula is C8H19N3. The molecule has 0 radical (unpaired) electrons. The summed E-state index contributed by atoms with van der Waals surface area (Å²) in [5.74, 6) is 0. The van der Waals surface area contributed by atoms with Gasteiger partial charge in [-0.25, -0.2) is 0 Å². The smallest absolute Gasteiger partial charge is 0.0459 e. The second-order valence-corrected chi connectivity index (χ2v) is 3.27. The van der Waals surface area contributed by atoms with Crippen LogP contribution in [0.5, 0.6) is 0 Å². The summed E-state index contributed by atoms with van der Waals surface area (Å²) in [6.07, 6.45) is 2.43. The molecule has 11 heavy (non-hydrogen) atoms. The topological polar surface area (TPSA) is 36.1 Å². The van der Waals surface area contributed by atoms with Crippen molar-refractivity contribution >= 4 is 0 Å². The first-order valence-electron chi connectivity index (χ1n) is 4.43. The Morgan fingerprint density at radius 1 is 1.55 bits per heavy atom. The van der Waals surface area contributed by atoms with Crippen LogP contribution in [-0.4, -0.2) is 32.3 Å². The van der Waals surface area contributed by atoms with Gasteiger partial charge in [0, 0.05) is 18.8 Å². The highest BCUT2D eigenvalue weighted by Crippen LogP contribution is 2.16. The van der Waals surface area contributed by atoms with Crippen LogP contribution in [-0.2, 0) is 0 Å². The summed E-state index contributed by atoms with van der Waals surface area (Å²) in [4.78, 5) is 0. The first-order chi connectivity index (χ1) is 5.33. The second-order valence-electron chi connectivity index (χ2n) is 3.27. The van der Waals surface area contributed by atoms with Crippen LogP contribution in [0.3, 0.4) is 0 Å². The SMILES string of the molecule is CCC1(CCNC)CNCN1. The summed E-state index contributed by atoms with van der Waals surface area (Å²) in [6.45, 7) is 5.43. The number of nitrogens with one attached hydrogen (secondary N) is 3. The molecule has 1 saturated heterocycles. The molecule has 1 fully saturated rings. The van der Waals surface area contributed by atoms with E-state index in [4.69, 9.17) is 0 Å². The normalized spacial score (nSPS) is 31.1. The van der Waals surface area contributed by atoms with Gasteiger partial charge < -0.3 is 10.6 Å². The molecule has 0 bridgehead atoms. The molecule has 1 unspecified atom stereocenters. The summed E-state index contributed by atoms with van der Waals surface area (Å²) >= 11 is 0. The van der Waals surface area contributed by atoms with Crippen LogP contribution in [0.2, 0.25) is 0 Å². The van der Waals surface area contributed by atoms with E-state index >= 15 is 0 Å². The van der Waals surface area contributed by atoms with Crippen LogP contribution in [0, 0.1) is 0 Å². The maximum absolute atomic E-state index is 3.50. The minimum atomic E-state index is 0.364. The highest BCUT2D eigenvalue weighted by Gasteiger charge is 2.30. The van der Waals surface area contributed by atoms with Gasteiger partial charge in [0.1, 0.15) is 0 Å². The molecule has 1 rings (SSSR count). The van der Waals surface area contributed by atoms with Gasteiger partial charge >= 0.3 is 0 Å². The van der Waals surface area contributed by atoms with Crippen molar-refractivity contribution in [3.05, 3.63) is 0 Å². The predicted octanol–water partition coefficient (Wildman–Crippen LogP) is -0.105. The molecule has 3 nitrogen and oxygen atoms in total. The molecule has 0 aliphatic carbocycles. The van der Waals surface area contributed by atoms with E-state index in [1.807, 2.05) is 7.05 Å². The van der Waals surface area contributed by atoms with E-state index in [2.05, 4.69) is 22.9 Å². The van der Waals surface area contributed by atoms with E-state index in [9.17, 15) is 0 Å². The van der Waals surface area contributed by atoms with Crippen LogP contribution in [0.1, 0.15) is 19.8 Å². The summed E-state index contributed by atoms with van der Waals surface area (Å²) < 4.78 is 0. The van der Waals surface area contributed by atoms with Crippen molar-refractivity contribution in [1.29, 1.82) is 0 Å². The number of hydrogen-bond acceptors (Lipinski definition) is 3. The summed E-state index contributed by atoms with van der Waals surface area (Å²) in [7, 11) is 2.01. The molecule has 0 aromatic rings. The van der Waals surface area contributed by atoms with Gasteiger partial charge in [-0.3, -0.25) is 5.32 Å². The molecule has 3 heteroatoms. The lowest BCUT2D eigenvalue weighted by Crippen LogP contribution is -2.43. The fraction of sp³-hybridized carbons (Fsp3) is 1.00. The van der Waals surface area contributed by atoms with E-state index in [0.29, 0.717) is 5.54 Å². The minimum Gasteiger partial charge on any atom is -0.320 e. The third-order valence-corrected chi connectivity index (χ3v) is 2.58. The van der Waals surface area contributed by atoms with E-state index in [0.717, 1.165) is 19.8 Å². The lowest BCUT2D eigenvalue weighted by molar-refractivity contribution is 0.353. The molecule has 1 atom stereocenters. The van der Waals surface area contributed by atoms with Crippen LogP contribution < -0.4 is 16.0 Å². The Bertz CT molecular complexity index is 108. The molecule has 1 heterocycles. The van der Waals surface area contributed by atoms with Crippen LogP contribution in [0.25, 0.3) is 0 Å². The molecule has 0 amide bonds. The van der Waals surface area contributed by atoms with Crippen molar-refractivity contribution in [2.75, 3.05) is 26.8 Å². The summed E-state index contributed by atoms with van der Waals surface area (Å²) in [5, 5.41) is 10.0. The summed E-state index contributed by atoms with van der Waals surface area (Å²) in [5.41, 5.74) is 0.364. The first-order valence-corrected chi connectivity index (χ1v) is 4.43. The monoisotopic (exact) mass is 157 g/mol. The molecule has 0 saturated carbocycles. The van der Waals surface area contributed by atoms with Gasteiger partial charge in [0.25, 0.3) is 0 Å². The van der Waals surface area contributed by atoms with Crippen molar-refractivity contribution in [3.63, 3.8) is 0 Å². The van der Waals surface area contributed by atoms with Crippen molar-refractivity contribution in [2.45, 2.75) is 25.3 Å². The zero-order valence-corrected chi connectivity index (χ0v) is 7.54. The Kier molecular flexibility index (Phi) is 3.30. The minimum absolute atomic E-state index is 0.364. The Morgan fingerprint density at radius 2 is 2.36 bits per heavy atom. The Balaban J connectivity index is 2.33. The maximum Gasteiger partial charge on any atom is 0.0459 e. The van der Waals surface area contributed by atoms with Crippen LogP contribution >= 0.6 is 0 Å². The standard InChI is InChI=1S/C8H19N3/c1-3-8(4-5-9-2)6-10-7-11-8/h9-11H,3-7H2,1-2H3. The lowest BCUT2D eigenvalue weighted by atomic mass is 9.93. The highest BCUT2D eigenvalue weighted by molar-refractivity contribution is 4.93. The highest BCUT2D eigenvalue weighted by atomic mass is 15.2. The van der Waals surface area contributed by atoms with Crippen molar-refractivity contribution in [1.82, 2.24) is 16.0 Å². The van der Waals surface area contributed by atoms with Gasteiger partial charge in [-0.2, -0.15) is 0 Å². The Hall–Kier alpha value is -0.120. The first kappa shape index (κ1) is 8.97. The third kappa shape index (κ3) is 2.15. The average Bonchev–Trinajstić information content (AvgIpc) is 2.50. The zero-order valence-electron chi connectivity index (χ0n) is 7.54. The Labute approximate surface area is 68.9 Å². The molecule has 1 aliphatic rings. The third-order valence-electron chi connectivity index (χ3n) is 2.58.